The van der Waals surface area contributed by atoms with Gasteiger partial charge in [0.05, 0.1) is 0 Å². The van der Waals surface area contributed by atoms with Gasteiger partial charge < -0.3 is 4.90 Å². The molecule has 19 heavy (non-hydrogen) atoms. The number of likely N-dealkylation sites (tertiary alicyclic amines) is 1. The number of carbonyl (C=O) groups is 2. The summed E-state index contributed by atoms with van der Waals surface area (Å²) >= 11 is 0. The van der Waals surface area contributed by atoms with Crippen molar-refractivity contribution in [3.05, 3.63) is 0 Å². The molecule has 0 bridgehead atoms. The summed E-state index contributed by atoms with van der Waals surface area (Å²) in [6.45, 7) is 0.906. The first-order valence-corrected chi connectivity index (χ1v) is 8.10. The molecule has 4 fully saturated rings. The summed E-state index contributed by atoms with van der Waals surface area (Å²) in [4.78, 5) is 26.8. The highest BCUT2D eigenvalue weighted by Crippen LogP contribution is 2.58. The van der Waals surface area contributed by atoms with Crippen LogP contribution in [0.2, 0.25) is 0 Å². The minimum Gasteiger partial charge on any atom is -0.339 e. The molecule has 4 rings (SSSR count). The number of hydrogen-bond acceptors (Lipinski definition) is 2. The number of hydrogen-bond donors (Lipinski definition) is 0. The van der Waals surface area contributed by atoms with Gasteiger partial charge in [-0.25, -0.2) is 0 Å². The van der Waals surface area contributed by atoms with E-state index in [1.807, 2.05) is 0 Å². The lowest BCUT2D eigenvalue weighted by molar-refractivity contribution is -0.136. The molecular formula is C16H23NO2. The van der Waals surface area contributed by atoms with Gasteiger partial charge in [-0.2, -0.15) is 0 Å². The SMILES string of the molecule is O=C1CCCC1C1CCCN1C(=O)C1C2CCCC21. The van der Waals surface area contributed by atoms with E-state index < -0.39 is 0 Å². The Kier molecular flexibility index (Phi) is 2.71. The molecule has 0 aromatic heterocycles. The zero-order valence-electron chi connectivity index (χ0n) is 11.5. The first-order chi connectivity index (χ1) is 9.27. The Labute approximate surface area is 114 Å². The maximum absolute atomic E-state index is 12.7. The van der Waals surface area contributed by atoms with Crippen molar-refractivity contribution in [2.24, 2.45) is 23.7 Å². The first kappa shape index (κ1) is 11.9. The zero-order chi connectivity index (χ0) is 13.0. The minimum atomic E-state index is 0.171. The molecule has 0 aromatic carbocycles. The minimum absolute atomic E-state index is 0.171. The third kappa shape index (κ3) is 1.77. The van der Waals surface area contributed by atoms with E-state index in [1.165, 1.54) is 19.3 Å². The van der Waals surface area contributed by atoms with Crippen molar-refractivity contribution < 1.29 is 9.59 Å². The number of amides is 1. The van der Waals surface area contributed by atoms with Gasteiger partial charge in [0.15, 0.2) is 0 Å². The molecule has 4 aliphatic rings. The van der Waals surface area contributed by atoms with E-state index in [9.17, 15) is 9.59 Å². The van der Waals surface area contributed by atoms with Crippen LogP contribution in [0, 0.1) is 23.7 Å². The molecule has 3 saturated carbocycles. The molecule has 0 spiro atoms. The summed E-state index contributed by atoms with van der Waals surface area (Å²) in [5.41, 5.74) is 0. The molecular weight excluding hydrogens is 238 g/mol. The lowest BCUT2D eigenvalue weighted by atomic mass is 9.94. The van der Waals surface area contributed by atoms with Gasteiger partial charge in [-0.3, -0.25) is 9.59 Å². The molecule has 3 heteroatoms. The highest BCUT2D eigenvalue weighted by atomic mass is 16.2. The second-order valence-electron chi connectivity index (χ2n) is 6.99. The van der Waals surface area contributed by atoms with Crippen LogP contribution in [-0.4, -0.2) is 29.2 Å². The summed E-state index contributed by atoms with van der Waals surface area (Å²) in [6.07, 6.45) is 8.82. The number of ketones is 1. The van der Waals surface area contributed by atoms with Gasteiger partial charge in [0.2, 0.25) is 5.91 Å². The molecule has 0 aromatic rings. The van der Waals surface area contributed by atoms with Gasteiger partial charge in [0.25, 0.3) is 0 Å². The van der Waals surface area contributed by atoms with Crippen molar-refractivity contribution in [2.45, 2.75) is 57.4 Å². The monoisotopic (exact) mass is 261 g/mol. The van der Waals surface area contributed by atoms with Gasteiger partial charge in [0, 0.05) is 30.8 Å². The van der Waals surface area contributed by atoms with Gasteiger partial charge in [0.1, 0.15) is 5.78 Å². The summed E-state index contributed by atoms with van der Waals surface area (Å²) in [6, 6.07) is 0.254. The molecule has 3 nitrogen and oxygen atoms in total. The van der Waals surface area contributed by atoms with Crippen LogP contribution < -0.4 is 0 Å². The molecule has 1 aliphatic heterocycles. The number of rotatable bonds is 2. The van der Waals surface area contributed by atoms with Crippen LogP contribution in [0.15, 0.2) is 0 Å². The molecule has 0 radical (unpaired) electrons. The Hall–Kier alpha value is -0.860. The van der Waals surface area contributed by atoms with Crippen molar-refractivity contribution >= 4 is 11.7 Å². The van der Waals surface area contributed by atoms with Crippen molar-refractivity contribution in [1.29, 1.82) is 0 Å². The molecule has 104 valence electrons. The van der Waals surface area contributed by atoms with Crippen LogP contribution >= 0.6 is 0 Å². The molecule has 1 saturated heterocycles. The Bertz CT molecular complexity index is 409. The summed E-state index contributed by atoms with van der Waals surface area (Å²) in [5.74, 6) is 2.73. The molecule has 1 amide bonds. The van der Waals surface area contributed by atoms with Gasteiger partial charge in [-0.15, -0.1) is 0 Å². The summed E-state index contributed by atoms with van der Waals surface area (Å²) in [7, 11) is 0. The predicted octanol–water partition coefficient (Wildman–Crippen LogP) is 2.39. The maximum Gasteiger partial charge on any atom is 0.226 e. The number of fused-ring (bicyclic) bond motifs is 1. The Morgan fingerprint density at radius 3 is 2.47 bits per heavy atom. The first-order valence-electron chi connectivity index (χ1n) is 8.10. The lowest BCUT2D eigenvalue weighted by Crippen LogP contribution is -2.42. The van der Waals surface area contributed by atoms with Crippen LogP contribution in [0.5, 0.6) is 0 Å². The van der Waals surface area contributed by atoms with Crippen molar-refractivity contribution in [2.75, 3.05) is 6.54 Å². The molecule has 4 atom stereocenters. The average Bonchev–Trinajstić information content (AvgIpc) is 2.91. The summed E-state index contributed by atoms with van der Waals surface area (Å²) < 4.78 is 0. The van der Waals surface area contributed by atoms with E-state index in [-0.39, 0.29) is 12.0 Å². The van der Waals surface area contributed by atoms with Gasteiger partial charge in [-0.05, 0) is 50.4 Å². The second kappa shape index (κ2) is 4.32. The fourth-order valence-corrected chi connectivity index (χ4v) is 5.11. The predicted molar refractivity (Wildman–Crippen MR) is 71.4 cm³/mol. The molecule has 1 heterocycles. The van der Waals surface area contributed by atoms with Gasteiger partial charge in [-0.1, -0.05) is 6.42 Å². The number of Topliss-reactive ketones (excluding diaryl/α,β-unsaturated/α-hetero) is 1. The van der Waals surface area contributed by atoms with Crippen LogP contribution in [0.1, 0.15) is 51.4 Å². The summed E-state index contributed by atoms with van der Waals surface area (Å²) in [5, 5.41) is 0. The Morgan fingerprint density at radius 1 is 1.00 bits per heavy atom. The largest absolute Gasteiger partial charge is 0.339 e. The van der Waals surface area contributed by atoms with E-state index in [0.29, 0.717) is 29.4 Å². The van der Waals surface area contributed by atoms with Crippen molar-refractivity contribution in [3.8, 4) is 0 Å². The third-order valence-corrected chi connectivity index (χ3v) is 6.09. The van der Waals surface area contributed by atoms with Crippen LogP contribution in [0.4, 0.5) is 0 Å². The van der Waals surface area contributed by atoms with Crippen molar-refractivity contribution in [1.82, 2.24) is 4.90 Å². The van der Waals surface area contributed by atoms with E-state index in [4.69, 9.17) is 0 Å². The topological polar surface area (TPSA) is 37.4 Å². The number of carbonyl (C=O) groups excluding carboxylic acids is 2. The van der Waals surface area contributed by atoms with E-state index in [2.05, 4.69) is 4.90 Å². The maximum atomic E-state index is 12.7. The third-order valence-electron chi connectivity index (χ3n) is 6.09. The fraction of sp³-hybridized carbons (Fsp3) is 0.875. The second-order valence-corrected chi connectivity index (χ2v) is 6.99. The highest BCUT2D eigenvalue weighted by molar-refractivity contribution is 5.86. The number of nitrogens with zero attached hydrogens (tertiary/aromatic N) is 1. The van der Waals surface area contributed by atoms with E-state index >= 15 is 0 Å². The smallest absolute Gasteiger partial charge is 0.226 e. The highest BCUT2D eigenvalue weighted by Gasteiger charge is 2.58. The standard InChI is InChI=1S/C16H23NO2/c18-14-8-2-6-12(14)13-7-3-9-17(13)16(19)15-10-4-1-5-11(10)15/h10-13,15H,1-9H2. The average molecular weight is 261 g/mol. The van der Waals surface area contributed by atoms with Crippen LogP contribution in [0.25, 0.3) is 0 Å². The normalized spacial score (nSPS) is 44.7. The van der Waals surface area contributed by atoms with Crippen LogP contribution in [-0.2, 0) is 9.59 Å². The van der Waals surface area contributed by atoms with E-state index in [0.717, 1.165) is 38.6 Å². The Morgan fingerprint density at radius 2 is 1.79 bits per heavy atom. The zero-order valence-corrected chi connectivity index (χ0v) is 11.5. The van der Waals surface area contributed by atoms with Crippen LogP contribution in [0.3, 0.4) is 0 Å². The van der Waals surface area contributed by atoms with E-state index in [1.54, 1.807) is 0 Å². The van der Waals surface area contributed by atoms with Gasteiger partial charge >= 0.3 is 0 Å². The quantitative estimate of drug-likeness (QED) is 0.765. The fourth-order valence-electron chi connectivity index (χ4n) is 5.11. The van der Waals surface area contributed by atoms with Crippen molar-refractivity contribution in [3.63, 3.8) is 0 Å². The Balaban J connectivity index is 1.47. The lowest BCUT2D eigenvalue weighted by Gasteiger charge is -2.29. The molecule has 4 unspecified atom stereocenters. The molecule has 3 aliphatic carbocycles. The molecule has 0 N–H and O–H groups in total.